The van der Waals surface area contributed by atoms with Gasteiger partial charge in [-0.15, -0.1) is 0 Å². The number of aromatic nitrogens is 2. The first-order valence-electron chi connectivity index (χ1n) is 11.5. The van der Waals surface area contributed by atoms with Gasteiger partial charge in [0.05, 0.1) is 18.4 Å². The highest BCUT2D eigenvalue weighted by Gasteiger charge is 2.36. The maximum Gasteiger partial charge on any atom is 0.262 e. The van der Waals surface area contributed by atoms with E-state index < -0.39 is 0 Å². The maximum atomic E-state index is 14.0. The van der Waals surface area contributed by atoms with Crippen molar-refractivity contribution in [2.75, 3.05) is 30.0 Å². The molecular formula is C26H27ClN4O2. The molecule has 0 radical (unpaired) electrons. The number of piperidine rings is 1. The molecule has 1 aliphatic heterocycles. The number of nitrogens with zero attached hydrogens (tertiary/aromatic N) is 4. The number of methoxy groups -OCH3 is 1. The van der Waals surface area contributed by atoms with Gasteiger partial charge in [-0.2, -0.15) is 0 Å². The lowest BCUT2D eigenvalue weighted by Gasteiger charge is -2.28. The van der Waals surface area contributed by atoms with Gasteiger partial charge in [-0.1, -0.05) is 35.9 Å². The fourth-order valence-electron chi connectivity index (χ4n) is 4.35. The van der Waals surface area contributed by atoms with Crippen molar-refractivity contribution in [2.45, 2.75) is 38.1 Å². The number of benzene rings is 2. The van der Waals surface area contributed by atoms with E-state index in [-0.39, 0.29) is 11.9 Å². The van der Waals surface area contributed by atoms with E-state index in [9.17, 15) is 4.79 Å². The van der Waals surface area contributed by atoms with Crippen molar-refractivity contribution >= 4 is 29.1 Å². The minimum atomic E-state index is -0.120. The summed E-state index contributed by atoms with van der Waals surface area (Å²) in [5, 5.41) is 0.564. The molecule has 33 heavy (non-hydrogen) atoms. The summed E-state index contributed by atoms with van der Waals surface area (Å²) in [5.74, 6) is 1.25. The van der Waals surface area contributed by atoms with Crippen molar-refractivity contribution in [3.63, 3.8) is 0 Å². The zero-order chi connectivity index (χ0) is 22.8. The molecule has 0 N–H and O–H groups in total. The third-order valence-corrected chi connectivity index (χ3v) is 6.57. The quantitative estimate of drug-likeness (QED) is 0.477. The Labute approximate surface area is 199 Å². The van der Waals surface area contributed by atoms with Crippen LogP contribution in [-0.2, 0) is 0 Å². The summed E-state index contributed by atoms with van der Waals surface area (Å²) in [5.41, 5.74) is 2.59. The van der Waals surface area contributed by atoms with E-state index in [1.165, 1.54) is 6.42 Å². The van der Waals surface area contributed by atoms with Crippen molar-refractivity contribution in [1.29, 1.82) is 0 Å². The predicted molar refractivity (Wildman–Crippen MR) is 131 cm³/mol. The zero-order valence-corrected chi connectivity index (χ0v) is 19.5. The molecule has 2 aromatic carbocycles. The van der Waals surface area contributed by atoms with Crippen LogP contribution in [-0.4, -0.2) is 42.1 Å². The Kier molecular flexibility index (Phi) is 6.18. The third-order valence-electron chi connectivity index (χ3n) is 6.24. The lowest BCUT2D eigenvalue weighted by Crippen LogP contribution is -2.34. The highest BCUT2D eigenvalue weighted by Crippen LogP contribution is 2.37. The van der Waals surface area contributed by atoms with Crippen LogP contribution in [0.5, 0.6) is 5.75 Å². The molecule has 5 rings (SSSR count). The summed E-state index contributed by atoms with van der Waals surface area (Å²) in [6, 6.07) is 15.3. The van der Waals surface area contributed by atoms with Gasteiger partial charge in [0.1, 0.15) is 5.75 Å². The number of hydrogen-bond acceptors (Lipinski definition) is 5. The standard InChI is InChI=1S/C26H27ClN4O2/c1-33-20-9-7-8-19(16-20)31(18-12-13-18)25(32)22-17-28-26(30-14-5-2-6-15-30)29-24(22)21-10-3-4-11-23(21)27/h3-4,7-11,16-18H,2,5-6,12-15H2,1H3. The molecule has 1 saturated carbocycles. The Morgan fingerprint density at radius 1 is 1.09 bits per heavy atom. The van der Waals surface area contributed by atoms with Gasteiger partial charge >= 0.3 is 0 Å². The molecule has 1 saturated heterocycles. The number of hydrogen-bond donors (Lipinski definition) is 0. The van der Waals surface area contributed by atoms with Gasteiger partial charge in [0, 0.05) is 47.7 Å². The van der Waals surface area contributed by atoms with Crippen LogP contribution in [0.1, 0.15) is 42.5 Å². The number of carbonyl (C=O) groups excluding carboxylic acids is 1. The summed E-state index contributed by atoms with van der Waals surface area (Å²) < 4.78 is 5.40. The Morgan fingerprint density at radius 3 is 2.61 bits per heavy atom. The summed E-state index contributed by atoms with van der Waals surface area (Å²) in [4.78, 5) is 27.5. The fourth-order valence-corrected chi connectivity index (χ4v) is 4.58. The molecule has 2 fully saturated rings. The van der Waals surface area contributed by atoms with Gasteiger partial charge in [-0.05, 0) is 50.3 Å². The first kappa shape index (κ1) is 21.7. The van der Waals surface area contributed by atoms with Crippen LogP contribution in [0.25, 0.3) is 11.3 Å². The molecule has 2 heterocycles. The summed E-state index contributed by atoms with van der Waals surface area (Å²) >= 11 is 6.57. The number of amides is 1. The molecule has 2 aliphatic rings. The van der Waals surface area contributed by atoms with Crippen LogP contribution in [0.2, 0.25) is 5.02 Å². The Hall–Kier alpha value is -3.12. The van der Waals surface area contributed by atoms with E-state index in [1.54, 1.807) is 13.3 Å². The van der Waals surface area contributed by atoms with Crippen LogP contribution in [0.3, 0.4) is 0 Å². The average molecular weight is 463 g/mol. The second-order valence-corrected chi connectivity index (χ2v) is 8.97. The SMILES string of the molecule is COc1cccc(N(C(=O)c2cnc(N3CCCCC3)nc2-c2ccccc2Cl)C2CC2)c1. The largest absolute Gasteiger partial charge is 0.497 e. The van der Waals surface area contributed by atoms with Gasteiger partial charge in [0.25, 0.3) is 5.91 Å². The van der Waals surface area contributed by atoms with Crippen LogP contribution >= 0.6 is 11.6 Å². The summed E-state index contributed by atoms with van der Waals surface area (Å²) in [6.45, 7) is 1.85. The van der Waals surface area contributed by atoms with Crippen molar-refractivity contribution < 1.29 is 9.53 Å². The minimum absolute atomic E-state index is 0.120. The van der Waals surface area contributed by atoms with Crippen LogP contribution in [0.4, 0.5) is 11.6 Å². The molecule has 0 spiro atoms. The first-order valence-corrected chi connectivity index (χ1v) is 11.9. The van der Waals surface area contributed by atoms with Crippen molar-refractivity contribution in [1.82, 2.24) is 9.97 Å². The molecule has 170 valence electrons. The maximum absolute atomic E-state index is 14.0. The van der Waals surface area contributed by atoms with E-state index in [4.69, 9.17) is 21.3 Å². The highest BCUT2D eigenvalue weighted by molar-refractivity contribution is 6.33. The molecule has 1 aromatic heterocycles. The molecule has 1 aliphatic carbocycles. The van der Waals surface area contributed by atoms with E-state index in [1.807, 2.05) is 53.4 Å². The molecule has 7 heteroatoms. The number of halogens is 1. The third kappa shape index (κ3) is 4.53. The average Bonchev–Trinajstić information content (AvgIpc) is 3.70. The molecule has 0 atom stereocenters. The van der Waals surface area contributed by atoms with E-state index >= 15 is 0 Å². The Bertz CT molecular complexity index is 1160. The second-order valence-electron chi connectivity index (χ2n) is 8.57. The van der Waals surface area contributed by atoms with Crippen LogP contribution < -0.4 is 14.5 Å². The molecule has 0 unspecified atom stereocenters. The van der Waals surface area contributed by atoms with Crippen molar-refractivity contribution in [2.24, 2.45) is 0 Å². The van der Waals surface area contributed by atoms with E-state index in [2.05, 4.69) is 9.88 Å². The van der Waals surface area contributed by atoms with E-state index in [0.717, 1.165) is 50.0 Å². The number of rotatable bonds is 6. The molecule has 3 aromatic rings. The smallest absolute Gasteiger partial charge is 0.262 e. The monoisotopic (exact) mass is 462 g/mol. The zero-order valence-electron chi connectivity index (χ0n) is 18.7. The number of carbonyl (C=O) groups is 1. The van der Waals surface area contributed by atoms with Gasteiger partial charge in [0.2, 0.25) is 5.95 Å². The lowest BCUT2D eigenvalue weighted by molar-refractivity contribution is 0.0985. The number of ether oxygens (including phenoxy) is 1. The molecule has 1 amide bonds. The van der Waals surface area contributed by atoms with Crippen LogP contribution in [0, 0.1) is 0 Å². The van der Waals surface area contributed by atoms with E-state index in [0.29, 0.717) is 28.0 Å². The topological polar surface area (TPSA) is 58.6 Å². The normalized spacial score (nSPS) is 15.9. The highest BCUT2D eigenvalue weighted by atomic mass is 35.5. The van der Waals surface area contributed by atoms with Crippen molar-refractivity contribution in [3.8, 4) is 17.0 Å². The van der Waals surface area contributed by atoms with Gasteiger partial charge in [0.15, 0.2) is 0 Å². The predicted octanol–water partition coefficient (Wildman–Crippen LogP) is 5.61. The number of anilines is 2. The summed E-state index contributed by atoms with van der Waals surface area (Å²) in [7, 11) is 1.63. The molecular weight excluding hydrogens is 436 g/mol. The first-order chi connectivity index (χ1) is 16.2. The van der Waals surface area contributed by atoms with Gasteiger partial charge < -0.3 is 14.5 Å². The van der Waals surface area contributed by atoms with Gasteiger partial charge in [-0.3, -0.25) is 4.79 Å². The summed E-state index contributed by atoms with van der Waals surface area (Å²) in [6.07, 6.45) is 7.08. The van der Waals surface area contributed by atoms with Gasteiger partial charge in [-0.25, -0.2) is 9.97 Å². The minimum Gasteiger partial charge on any atom is -0.497 e. The fraction of sp³-hybridized carbons (Fsp3) is 0.346. The molecule has 0 bridgehead atoms. The Balaban J connectivity index is 1.59. The Morgan fingerprint density at radius 2 is 1.88 bits per heavy atom. The molecule has 6 nitrogen and oxygen atoms in total. The lowest BCUT2D eigenvalue weighted by atomic mass is 10.1. The van der Waals surface area contributed by atoms with Crippen LogP contribution in [0.15, 0.2) is 54.7 Å². The second kappa shape index (κ2) is 9.40. The van der Waals surface area contributed by atoms with Crippen molar-refractivity contribution in [3.05, 3.63) is 65.3 Å².